The minimum atomic E-state index is -0.550. The molecule has 1 atom stereocenters. The van der Waals surface area contributed by atoms with Crippen LogP contribution >= 0.6 is 0 Å². The van der Waals surface area contributed by atoms with Gasteiger partial charge in [-0.2, -0.15) is 0 Å². The molecular formula is C12H16O4. The Bertz CT molecular complexity index is 347. The molecule has 0 amide bonds. The first-order valence-corrected chi connectivity index (χ1v) is 5.20. The van der Waals surface area contributed by atoms with Gasteiger partial charge in [-0.1, -0.05) is 12.1 Å². The third-order valence-electron chi connectivity index (χ3n) is 2.00. The van der Waals surface area contributed by atoms with Crippen molar-refractivity contribution in [1.29, 1.82) is 0 Å². The first-order valence-electron chi connectivity index (χ1n) is 5.20. The summed E-state index contributed by atoms with van der Waals surface area (Å²) in [4.78, 5) is 11.0. The first kappa shape index (κ1) is 12.5. The van der Waals surface area contributed by atoms with E-state index in [4.69, 9.17) is 9.47 Å². The van der Waals surface area contributed by atoms with E-state index in [0.29, 0.717) is 12.4 Å². The summed E-state index contributed by atoms with van der Waals surface area (Å²) in [7, 11) is 0. The molecule has 1 aromatic rings. The average molecular weight is 224 g/mol. The Morgan fingerprint density at radius 2 is 2.25 bits per heavy atom. The van der Waals surface area contributed by atoms with Gasteiger partial charge in [-0.3, -0.25) is 0 Å². The molecule has 0 saturated carbocycles. The molecular weight excluding hydrogens is 208 g/mol. The van der Waals surface area contributed by atoms with Crippen LogP contribution in [-0.4, -0.2) is 24.3 Å². The maximum Gasteiger partial charge on any atom is 0.344 e. The third-order valence-corrected chi connectivity index (χ3v) is 2.00. The SMILES string of the molecule is CCOC(=O)COc1cccc([C@H](C)O)c1. The van der Waals surface area contributed by atoms with Gasteiger partial charge in [-0.15, -0.1) is 0 Å². The molecule has 0 aliphatic carbocycles. The summed E-state index contributed by atoms with van der Waals surface area (Å²) < 4.78 is 9.95. The number of rotatable bonds is 5. The van der Waals surface area contributed by atoms with Gasteiger partial charge in [0.05, 0.1) is 12.7 Å². The fourth-order valence-corrected chi connectivity index (χ4v) is 1.21. The quantitative estimate of drug-likeness (QED) is 0.773. The van der Waals surface area contributed by atoms with Gasteiger partial charge in [0.25, 0.3) is 0 Å². The largest absolute Gasteiger partial charge is 0.482 e. The van der Waals surface area contributed by atoms with Crippen molar-refractivity contribution in [2.75, 3.05) is 13.2 Å². The summed E-state index contributed by atoms with van der Waals surface area (Å²) in [5, 5.41) is 9.36. The van der Waals surface area contributed by atoms with Crippen LogP contribution in [0.4, 0.5) is 0 Å². The van der Waals surface area contributed by atoms with Crippen LogP contribution in [0.25, 0.3) is 0 Å². The maximum atomic E-state index is 11.0. The number of esters is 1. The second-order valence-corrected chi connectivity index (χ2v) is 3.34. The van der Waals surface area contributed by atoms with Crippen molar-refractivity contribution in [1.82, 2.24) is 0 Å². The lowest BCUT2D eigenvalue weighted by Crippen LogP contribution is -2.14. The average Bonchev–Trinajstić information content (AvgIpc) is 2.27. The standard InChI is InChI=1S/C12H16O4/c1-3-15-12(14)8-16-11-6-4-5-10(7-11)9(2)13/h4-7,9,13H,3,8H2,1-2H3/t9-/m0/s1. The van der Waals surface area contributed by atoms with E-state index < -0.39 is 12.1 Å². The monoisotopic (exact) mass is 224 g/mol. The molecule has 16 heavy (non-hydrogen) atoms. The van der Waals surface area contributed by atoms with Crippen molar-refractivity contribution < 1.29 is 19.4 Å². The number of carbonyl (C=O) groups is 1. The highest BCUT2D eigenvalue weighted by atomic mass is 16.6. The Hall–Kier alpha value is -1.55. The van der Waals surface area contributed by atoms with Crippen molar-refractivity contribution >= 4 is 5.97 Å². The van der Waals surface area contributed by atoms with Crippen LogP contribution in [0.1, 0.15) is 25.5 Å². The van der Waals surface area contributed by atoms with Crippen LogP contribution < -0.4 is 4.74 Å². The molecule has 88 valence electrons. The number of benzene rings is 1. The fourth-order valence-electron chi connectivity index (χ4n) is 1.21. The second kappa shape index (κ2) is 6.12. The molecule has 1 N–H and O–H groups in total. The molecule has 0 bridgehead atoms. The molecule has 0 spiro atoms. The Labute approximate surface area is 94.8 Å². The van der Waals surface area contributed by atoms with E-state index in [0.717, 1.165) is 5.56 Å². The first-order chi connectivity index (χ1) is 7.63. The van der Waals surface area contributed by atoms with E-state index in [1.165, 1.54) is 0 Å². The normalized spacial score (nSPS) is 11.9. The summed E-state index contributed by atoms with van der Waals surface area (Å²) in [5.74, 6) is 0.149. The second-order valence-electron chi connectivity index (χ2n) is 3.34. The fraction of sp³-hybridized carbons (Fsp3) is 0.417. The van der Waals surface area contributed by atoms with Crippen molar-refractivity contribution in [3.63, 3.8) is 0 Å². The van der Waals surface area contributed by atoms with Gasteiger partial charge in [-0.05, 0) is 31.5 Å². The predicted molar refractivity (Wildman–Crippen MR) is 59.2 cm³/mol. The van der Waals surface area contributed by atoms with Crippen LogP contribution in [0.3, 0.4) is 0 Å². The van der Waals surface area contributed by atoms with Gasteiger partial charge in [-0.25, -0.2) is 4.79 Å². The summed E-state index contributed by atoms with van der Waals surface area (Å²) in [6.45, 7) is 3.64. The third kappa shape index (κ3) is 3.90. The lowest BCUT2D eigenvalue weighted by atomic mass is 10.1. The van der Waals surface area contributed by atoms with Gasteiger partial charge in [0.1, 0.15) is 5.75 Å². The van der Waals surface area contributed by atoms with Gasteiger partial charge >= 0.3 is 5.97 Å². The number of carbonyl (C=O) groups excluding carboxylic acids is 1. The molecule has 0 aromatic heterocycles. The predicted octanol–water partition coefficient (Wildman–Crippen LogP) is 1.68. The molecule has 0 fully saturated rings. The molecule has 0 aliphatic rings. The van der Waals surface area contributed by atoms with Gasteiger partial charge < -0.3 is 14.6 Å². The van der Waals surface area contributed by atoms with Crippen LogP contribution in [0.2, 0.25) is 0 Å². The van der Waals surface area contributed by atoms with E-state index in [1.54, 1.807) is 38.1 Å². The minimum absolute atomic E-state index is 0.114. The Morgan fingerprint density at radius 3 is 2.88 bits per heavy atom. The molecule has 0 radical (unpaired) electrons. The van der Waals surface area contributed by atoms with E-state index in [9.17, 15) is 9.90 Å². The highest BCUT2D eigenvalue weighted by Crippen LogP contribution is 2.18. The molecule has 1 aromatic carbocycles. The maximum absolute atomic E-state index is 11.0. The van der Waals surface area contributed by atoms with Gasteiger partial charge in [0.2, 0.25) is 0 Å². The van der Waals surface area contributed by atoms with Crippen molar-refractivity contribution in [3.8, 4) is 5.75 Å². The number of ether oxygens (including phenoxy) is 2. The van der Waals surface area contributed by atoms with Crippen LogP contribution in [0, 0.1) is 0 Å². The molecule has 0 unspecified atom stereocenters. The topological polar surface area (TPSA) is 55.8 Å². The number of aliphatic hydroxyl groups is 1. The zero-order valence-electron chi connectivity index (χ0n) is 9.47. The summed E-state index contributed by atoms with van der Waals surface area (Å²) in [5.41, 5.74) is 0.751. The number of hydrogen-bond donors (Lipinski definition) is 1. The van der Waals surface area contributed by atoms with Crippen molar-refractivity contribution in [2.24, 2.45) is 0 Å². The lowest BCUT2D eigenvalue weighted by molar-refractivity contribution is -0.145. The molecule has 4 nitrogen and oxygen atoms in total. The van der Waals surface area contributed by atoms with Crippen LogP contribution in [0.5, 0.6) is 5.75 Å². The molecule has 1 rings (SSSR count). The van der Waals surface area contributed by atoms with E-state index in [-0.39, 0.29) is 6.61 Å². The van der Waals surface area contributed by atoms with E-state index >= 15 is 0 Å². The summed E-state index contributed by atoms with van der Waals surface area (Å²) in [6, 6.07) is 6.99. The zero-order chi connectivity index (χ0) is 12.0. The van der Waals surface area contributed by atoms with Gasteiger partial charge in [0, 0.05) is 0 Å². The molecule has 0 saturated heterocycles. The summed E-state index contributed by atoms with van der Waals surface area (Å²) >= 11 is 0. The van der Waals surface area contributed by atoms with E-state index in [1.807, 2.05) is 0 Å². The molecule has 0 aliphatic heterocycles. The Kier molecular flexibility index (Phi) is 4.79. The van der Waals surface area contributed by atoms with Gasteiger partial charge in [0.15, 0.2) is 6.61 Å². The smallest absolute Gasteiger partial charge is 0.344 e. The minimum Gasteiger partial charge on any atom is -0.482 e. The lowest BCUT2D eigenvalue weighted by Gasteiger charge is -2.08. The number of hydrogen-bond acceptors (Lipinski definition) is 4. The summed E-state index contributed by atoms with van der Waals surface area (Å²) in [6.07, 6.45) is -0.550. The van der Waals surface area contributed by atoms with Crippen molar-refractivity contribution in [2.45, 2.75) is 20.0 Å². The van der Waals surface area contributed by atoms with Crippen LogP contribution in [0.15, 0.2) is 24.3 Å². The number of aliphatic hydroxyl groups excluding tert-OH is 1. The Balaban J connectivity index is 2.54. The van der Waals surface area contributed by atoms with Crippen LogP contribution in [-0.2, 0) is 9.53 Å². The molecule has 0 heterocycles. The Morgan fingerprint density at radius 1 is 1.50 bits per heavy atom. The van der Waals surface area contributed by atoms with Crippen molar-refractivity contribution in [3.05, 3.63) is 29.8 Å². The highest BCUT2D eigenvalue weighted by molar-refractivity contribution is 5.71. The highest BCUT2D eigenvalue weighted by Gasteiger charge is 2.05. The molecule has 4 heteroatoms. The van der Waals surface area contributed by atoms with E-state index in [2.05, 4.69) is 0 Å². The zero-order valence-corrected chi connectivity index (χ0v) is 9.47.